The van der Waals surface area contributed by atoms with Gasteiger partial charge in [0.15, 0.2) is 0 Å². The summed E-state index contributed by atoms with van der Waals surface area (Å²) in [6.45, 7) is 3.11. The molecule has 0 radical (unpaired) electrons. The Morgan fingerprint density at radius 3 is 2.35 bits per heavy atom. The normalized spacial score (nSPS) is 15.8. The molecule has 1 aromatic carbocycles. The van der Waals surface area contributed by atoms with Crippen LogP contribution in [-0.2, 0) is 16.1 Å². The number of hydrogen-bond donors (Lipinski definition) is 0. The Morgan fingerprint density at radius 1 is 1.20 bits per heavy atom. The summed E-state index contributed by atoms with van der Waals surface area (Å²) in [7, 11) is 0. The van der Waals surface area contributed by atoms with Crippen LogP contribution in [0.25, 0.3) is 0 Å². The Morgan fingerprint density at radius 2 is 1.85 bits per heavy atom. The average molecular weight is 299 g/mol. The maximum absolute atomic E-state index is 13.0. The highest BCUT2D eigenvalue weighted by atomic mass is 35.5. The van der Waals surface area contributed by atoms with Crippen LogP contribution in [0, 0.1) is 5.82 Å². The molecule has 0 aliphatic carbocycles. The largest absolute Gasteiger partial charge is 0.334 e. The predicted octanol–water partition coefficient (Wildman–Crippen LogP) is 2.18. The van der Waals surface area contributed by atoms with Crippen molar-refractivity contribution in [3.63, 3.8) is 0 Å². The number of carbonyl (C=O) groups is 3. The zero-order chi connectivity index (χ0) is 15.0. The molecule has 0 aromatic heterocycles. The van der Waals surface area contributed by atoms with Crippen LogP contribution in [0.1, 0.15) is 19.4 Å². The van der Waals surface area contributed by atoms with Crippen LogP contribution >= 0.6 is 11.6 Å². The Kier molecular flexibility index (Phi) is 3.76. The lowest BCUT2D eigenvalue weighted by Gasteiger charge is -2.18. The number of urea groups is 1. The molecule has 1 fully saturated rings. The molecule has 106 valence electrons. The van der Waals surface area contributed by atoms with Crippen molar-refractivity contribution in [1.29, 1.82) is 0 Å². The van der Waals surface area contributed by atoms with Gasteiger partial charge in [0.2, 0.25) is 0 Å². The summed E-state index contributed by atoms with van der Waals surface area (Å²) in [6.07, 6.45) is 0. The van der Waals surface area contributed by atoms with E-state index in [1.54, 1.807) is 13.8 Å². The lowest BCUT2D eigenvalue weighted by atomic mass is 10.2. The van der Waals surface area contributed by atoms with Crippen molar-refractivity contribution < 1.29 is 18.8 Å². The molecule has 1 aliphatic heterocycles. The molecule has 0 bridgehead atoms. The summed E-state index contributed by atoms with van der Waals surface area (Å²) < 4.78 is 13.0. The summed E-state index contributed by atoms with van der Waals surface area (Å²) in [6, 6.07) is 2.54. The number of benzene rings is 1. The van der Waals surface area contributed by atoms with Crippen molar-refractivity contribution in [2.45, 2.75) is 26.4 Å². The van der Waals surface area contributed by atoms with E-state index in [9.17, 15) is 18.8 Å². The van der Waals surface area contributed by atoms with Crippen molar-refractivity contribution in [2.75, 3.05) is 0 Å². The fourth-order valence-corrected chi connectivity index (χ4v) is 2.16. The second-order valence-corrected chi connectivity index (χ2v) is 5.09. The molecule has 0 spiro atoms. The number of nitrogens with zero attached hydrogens (tertiary/aromatic N) is 2. The summed E-state index contributed by atoms with van der Waals surface area (Å²) in [5.74, 6) is -2.27. The number of carbonyl (C=O) groups excluding carboxylic acids is 3. The zero-order valence-electron chi connectivity index (χ0n) is 10.9. The van der Waals surface area contributed by atoms with Crippen LogP contribution < -0.4 is 0 Å². The summed E-state index contributed by atoms with van der Waals surface area (Å²) in [4.78, 5) is 37.3. The fourth-order valence-electron chi connectivity index (χ4n) is 1.94. The van der Waals surface area contributed by atoms with Gasteiger partial charge in [-0.15, -0.1) is 0 Å². The second kappa shape index (κ2) is 5.20. The van der Waals surface area contributed by atoms with Gasteiger partial charge < -0.3 is 0 Å². The first-order valence-corrected chi connectivity index (χ1v) is 6.33. The number of halogens is 2. The van der Waals surface area contributed by atoms with E-state index in [0.29, 0.717) is 5.56 Å². The first-order chi connectivity index (χ1) is 9.32. The minimum Gasteiger partial charge on any atom is -0.263 e. The third-order valence-corrected chi connectivity index (χ3v) is 3.30. The molecule has 20 heavy (non-hydrogen) atoms. The molecule has 1 aliphatic rings. The van der Waals surface area contributed by atoms with Crippen molar-refractivity contribution >= 4 is 29.4 Å². The zero-order valence-corrected chi connectivity index (χ0v) is 11.6. The van der Waals surface area contributed by atoms with Crippen LogP contribution in [0.4, 0.5) is 9.18 Å². The first kappa shape index (κ1) is 14.5. The third-order valence-electron chi connectivity index (χ3n) is 2.94. The Labute approximate surface area is 119 Å². The molecule has 7 heteroatoms. The van der Waals surface area contributed by atoms with Crippen molar-refractivity contribution in [3.05, 3.63) is 34.6 Å². The molecular weight excluding hydrogens is 287 g/mol. The van der Waals surface area contributed by atoms with Crippen molar-refractivity contribution in [2.24, 2.45) is 0 Å². The number of rotatable bonds is 3. The van der Waals surface area contributed by atoms with Crippen LogP contribution in [0.15, 0.2) is 18.2 Å². The van der Waals surface area contributed by atoms with Gasteiger partial charge in [-0.1, -0.05) is 17.7 Å². The summed E-state index contributed by atoms with van der Waals surface area (Å²) in [5.41, 5.74) is 0.396. The van der Waals surface area contributed by atoms with Crippen LogP contribution in [0.2, 0.25) is 5.02 Å². The van der Waals surface area contributed by atoms with E-state index in [1.165, 1.54) is 12.1 Å². The molecule has 1 heterocycles. The quantitative estimate of drug-likeness (QED) is 0.635. The SMILES string of the molecule is CC(C)N1C(=O)C(=O)N(Cc2ccc(F)cc2Cl)C1=O. The van der Waals surface area contributed by atoms with Crippen LogP contribution in [0.3, 0.4) is 0 Å². The van der Waals surface area contributed by atoms with Gasteiger partial charge in [-0.25, -0.2) is 9.18 Å². The molecule has 1 aromatic rings. The highest BCUT2D eigenvalue weighted by Gasteiger charge is 2.45. The minimum absolute atomic E-state index is 0.0982. The maximum Gasteiger partial charge on any atom is 0.334 e. The highest BCUT2D eigenvalue weighted by Crippen LogP contribution is 2.23. The molecule has 1 saturated heterocycles. The second-order valence-electron chi connectivity index (χ2n) is 4.68. The molecule has 0 N–H and O–H groups in total. The molecule has 0 saturated carbocycles. The van der Waals surface area contributed by atoms with Gasteiger partial charge in [0.1, 0.15) is 5.82 Å². The van der Waals surface area contributed by atoms with E-state index in [4.69, 9.17) is 11.6 Å². The predicted molar refractivity (Wildman–Crippen MR) is 69.3 cm³/mol. The smallest absolute Gasteiger partial charge is 0.263 e. The lowest BCUT2D eigenvalue weighted by molar-refractivity contribution is -0.144. The number of amides is 4. The molecular formula is C13H12ClFN2O3. The van der Waals surface area contributed by atoms with E-state index < -0.39 is 29.7 Å². The number of imide groups is 2. The van der Waals surface area contributed by atoms with Crippen molar-refractivity contribution in [1.82, 2.24) is 9.80 Å². The summed E-state index contributed by atoms with van der Waals surface area (Å²) >= 11 is 5.85. The van der Waals surface area contributed by atoms with Gasteiger partial charge in [-0.3, -0.25) is 19.4 Å². The minimum atomic E-state index is -0.899. The molecule has 4 amide bonds. The van der Waals surface area contributed by atoms with Crippen molar-refractivity contribution in [3.8, 4) is 0 Å². The van der Waals surface area contributed by atoms with Gasteiger partial charge in [-0.05, 0) is 31.5 Å². The Balaban J connectivity index is 2.28. The van der Waals surface area contributed by atoms with Gasteiger partial charge >= 0.3 is 17.8 Å². The van der Waals surface area contributed by atoms with Gasteiger partial charge in [0, 0.05) is 11.1 Å². The molecule has 0 unspecified atom stereocenters. The van der Waals surface area contributed by atoms with Crippen LogP contribution in [0.5, 0.6) is 0 Å². The van der Waals surface area contributed by atoms with E-state index in [2.05, 4.69) is 0 Å². The lowest BCUT2D eigenvalue weighted by Crippen LogP contribution is -2.37. The van der Waals surface area contributed by atoms with E-state index in [-0.39, 0.29) is 11.6 Å². The highest BCUT2D eigenvalue weighted by molar-refractivity contribution is 6.44. The average Bonchev–Trinajstić information content (AvgIpc) is 2.56. The first-order valence-electron chi connectivity index (χ1n) is 5.96. The van der Waals surface area contributed by atoms with Gasteiger partial charge in [0.25, 0.3) is 0 Å². The van der Waals surface area contributed by atoms with Gasteiger partial charge in [0.05, 0.1) is 6.54 Å². The Hall–Kier alpha value is -1.95. The standard InChI is InChI=1S/C13H12ClFN2O3/c1-7(2)17-12(19)11(18)16(13(17)20)6-8-3-4-9(15)5-10(8)14/h3-5,7H,6H2,1-2H3. The van der Waals surface area contributed by atoms with E-state index >= 15 is 0 Å². The van der Waals surface area contributed by atoms with E-state index in [0.717, 1.165) is 15.9 Å². The molecule has 5 nitrogen and oxygen atoms in total. The monoisotopic (exact) mass is 298 g/mol. The Bertz CT molecular complexity index is 603. The summed E-state index contributed by atoms with van der Waals surface area (Å²) in [5, 5.41) is 0.0982. The van der Waals surface area contributed by atoms with Crippen LogP contribution in [-0.4, -0.2) is 33.7 Å². The van der Waals surface area contributed by atoms with Gasteiger partial charge in [-0.2, -0.15) is 0 Å². The maximum atomic E-state index is 13.0. The van der Waals surface area contributed by atoms with E-state index in [1.807, 2.05) is 0 Å². The third kappa shape index (κ3) is 2.38. The fraction of sp³-hybridized carbons (Fsp3) is 0.308. The topological polar surface area (TPSA) is 57.7 Å². The number of hydrogen-bond acceptors (Lipinski definition) is 3. The molecule has 0 atom stereocenters. The molecule has 2 rings (SSSR count).